The van der Waals surface area contributed by atoms with E-state index >= 15 is 0 Å². The lowest BCUT2D eigenvalue weighted by atomic mass is 9.84. The van der Waals surface area contributed by atoms with Crippen LogP contribution in [0.3, 0.4) is 0 Å². The van der Waals surface area contributed by atoms with Gasteiger partial charge in [0.15, 0.2) is 0 Å². The lowest BCUT2D eigenvalue weighted by molar-refractivity contribution is -0.133. The van der Waals surface area contributed by atoms with Crippen molar-refractivity contribution in [1.82, 2.24) is 9.55 Å². The van der Waals surface area contributed by atoms with Crippen LogP contribution in [0.25, 0.3) is 17.5 Å². The Bertz CT molecular complexity index is 1610. The molecule has 0 saturated heterocycles. The Morgan fingerprint density at radius 1 is 1.29 bits per heavy atom. The fourth-order valence-corrected chi connectivity index (χ4v) is 4.97. The molecule has 0 spiro atoms. The van der Waals surface area contributed by atoms with Crippen LogP contribution in [0.2, 0.25) is 0 Å². The molecule has 0 saturated carbocycles. The first-order valence-corrected chi connectivity index (χ1v) is 11.3. The van der Waals surface area contributed by atoms with Crippen LogP contribution in [-0.2, 0) is 14.3 Å². The summed E-state index contributed by atoms with van der Waals surface area (Å²) >= 11 is 0.925. The van der Waals surface area contributed by atoms with Crippen LogP contribution < -0.4 is 25.8 Å². The summed E-state index contributed by atoms with van der Waals surface area (Å²) in [6.07, 6.45) is 4.15. The lowest BCUT2D eigenvalue weighted by Gasteiger charge is -2.25. The normalized spacial score (nSPS) is 15.4. The van der Waals surface area contributed by atoms with Gasteiger partial charge in [-0.2, -0.15) is 5.26 Å². The van der Waals surface area contributed by atoms with Gasteiger partial charge in [0.25, 0.3) is 11.5 Å². The number of carbonyl (C=O) groups is 2. The van der Waals surface area contributed by atoms with Crippen molar-refractivity contribution in [3.05, 3.63) is 84.5 Å². The molecule has 3 heterocycles. The highest BCUT2D eigenvalue weighted by molar-refractivity contribution is 7.07. The summed E-state index contributed by atoms with van der Waals surface area (Å²) in [4.78, 5) is 42.8. The van der Waals surface area contributed by atoms with Crippen molar-refractivity contribution in [2.45, 2.75) is 19.8 Å². The van der Waals surface area contributed by atoms with Gasteiger partial charge in [0.05, 0.1) is 30.2 Å². The van der Waals surface area contributed by atoms with Crippen LogP contribution in [0.4, 0.5) is 5.69 Å². The van der Waals surface area contributed by atoms with E-state index in [1.165, 1.54) is 7.11 Å². The van der Waals surface area contributed by atoms with Gasteiger partial charge >= 0.3 is 5.97 Å². The third-order valence-electron chi connectivity index (χ3n) is 5.75. The van der Waals surface area contributed by atoms with Gasteiger partial charge < -0.3 is 15.8 Å². The number of nitrogens with zero attached hydrogens (tertiary/aromatic N) is 3. The zero-order valence-electron chi connectivity index (χ0n) is 19.2. The van der Waals surface area contributed by atoms with Crippen molar-refractivity contribution in [3.63, 3.8) is 0 Å². The first-order chi connectivity index (χ1) is 16.8. The second kappa shape index (κ2) is 9.40. The number of nitrogens with one attached hydrogen (secondary N) is 1. The molecule has 1 atom stereocenters. The molecule has 176 valence electrons. The average Bonchev–Trinajstić information content (AvgIpc) is 3.17. The number of amides is 1. The number of aryl methyl sites for hydroxylation is 2. The van der Waals surface area contributed by atoms with Crippen molar-refractivity contribution in [1.29, 1.82) is 5.26 Å². The number of methoxy groups -OCH3 is 1. The van der Waals surface area contributed by atoms with Crippen LogP contribution in [0.5, 0.6) is 0 Å². The number of hydrogen-bond donors (Lipinski definition) is 2. The molecular weight excluding hydrogens is 466 g/mol. The predicted molar refractivity (Wildman–Crippen MR) is 132 cm³/mol. The van der Waals surface area contributed by atoms with Gasteiger partial charge in [0, 0.05) is 24.2 Å². The van der Waals surface area contributed by atoms with Gasteiger partial charge in [-0.3, -0.25) is 19.1 Å². The van der Waals surface area contributed by atoms with Crippen molar-refractivity contribution in [3.8, 4) is 6.07 Å². The fourth-order valence-electron chi connectivity index (χ4n) is 3.83. The molecule has 9 nitrogen and oxygen atoms in total. The highest BCUT2D eigenvalue weighted by atomic mass is 32.1. The third kappa shape index (κ3) is 4.25. The molecular formula is C25H21N5O4S. The molecule has 1 amide bonds. The van der Waals surface area contributed by atoms with Gasteiger partial charge in [-0.1, -0.05) is 12.1 Å². The number of nitriles is 1. The van der Waals surface area contributed by atoms with E-state index in [4.69, 9.17) is 5.73 Å². The minimum atomic E-state index is -0.871. The molecule has 3 aromatic rings. The van der Waals surface area contributed by atoms with Crippen molar-refractivity contribution < 1.29 is 14.3 Å². The van der Waals surface area contributed by atoms with Crippen LogP contribution in [0, 0.1) is 25.2 Å². The largest absolute Gasteiger partial charge is 0.466 e. The number of fused-ring (bicyclic) bond motifs is 1. The van der Waals surface area contributed by atoms with Crippen LogP contribution in [-0.4, -0.2) is 28.5 Å². The Hall–Kier alpha value is -4.49. The maximum absolute atomic E-state index is 13.7. The number of pyridine rings is 1. The number of nitrogens with two attached hydrogens (primary N) is 1. The molecule has 4 rings (SSSR count). The van der Waals surface area contributed by atoms with E-state index in [1.54, 1.807) is 30.6 Å². The van der Waals surface area contributed by atoms with Gasteiger partial charge in [-0.25, -0.2) is 4.79 Å². The molecule has 0 radical (unpaired) electrons. The van der Waals surface area contributed by atoms with Gasteiger partial charge in [-0.15, -0.1) is 11.3 Å². The predicted octanol–water partition coefficient (Wildman–Crippen LogP) is 1.11. The number of rotatable bonds is 4. The number of esters is 1. The van der Waals surface area contributed by atoms with E-state index < -0.39 is 23.4 Å². The number of hydrogen-bond acceptors (Lipinski definition) is 8. The number of anilines is 1. The summed E-state index contributed by atoms with van der Waals surface area (Å²) < 4.78 is 5.99. The SMILES string of the molecule is COC(=O)C=c1sc2n(c1=O)C(N)=C(C#N)C(c1cccnc1)C=2C(=O)Nc1ccc(C)c(C)c1. The first-order valence-electron chi connectivity index (χ1n) is 10.5. The van der Waals surface area contributed by atoms with Crippen LogP contribution in [0.15, 0.2) is 53.1 Å². The van der Waals surface area contributed by atoms with Gasteiger partial charge in [0.2, 0.25) is 0 Å². The minimum absolute atomic E-state index is 0.0235. The molecule has 1 aliphatic heterocycles. The van der Waals surface area contributed by atoms with E-state index in [9.17, 15) is 19.6 Å². The standard InChI is InChI=1S/C25H21N5O4S/c1-13-6-7-16(9-14(13)2)29-23(32)21-20(15-5-4-8-28-12-15)17(11-26)22(27)30-24(33)18(35-25(21)30)10-19(31)34-3/h4-10,12,20H,27H2,1-3H3,(H,29,32). The molecule has 1 unspecified atom stereocenters. The Balaban J connectivity index is 2.03. The molecule has 0 bridgehead atoms. The monoisotopic (exact) mass is 487 g/mol. The average molecular weight is 488 g/mol. The van der Waals surface area contributed by atoms with Crippen LogP contribution in [0.1, 0.15) is 22.6 Å². The van der Waals surface area contributed by atoms with E-state index in [-0.39, 0.29) is 26.2 Å². The van der Waals surface area contributed by atoms with Crippen molar-refractivity contribution in [2.24, 2.45) is 5.73 Å². The van der Waals surface area contributed by atoms with Gasteiger partial charge in [0.1, 0.15) is 15.0 Å². The number of thiazole rings is 1. The van der Waals surface area contributed by atoms with E-state index in [2.05, 4.69) is 21.1 Å². The Morgan fingerprint density at radius 2 is 2.06 bits per heavy atom. The zero-order chi connectivity index (χ0) is 25.3. The summed E-state index contributed by atoms with van der Waals surface area (Å²) in [7, 11) is 1.19. The van der Waals surface area contributed by atoms with E-state index in [0.717, 1.165) is 33.1 Å². The van der Waals surface area contributed by atoms with Crippen LogP contribution >= 0.6 is 11.3 Å². The highest BCUT2D eigenvalue weighted by Gasteiger charge is 2.35. The van der Waals surface area contributed by atoms with E-state index in [0.29, 0.717) is 11.3 Å². The summed E-state index contributed by atoms with van der Waals surface area (Å²) in [5, 5.41) is 12.9. The number of allylic oxidation sites excluding steroid dienone is 1. The Kier molecular flexibility index (Phi) is 6.36. The topological polar surface area (TPSA) is 140 Å². The Labute approximate surface area is 204 Å². The highest BCUT2D eigenvalue weighted by Crippen LogP contribution is 2.36. The quantitative estimate of drug-likeness (QED) is 0.526. The summed E-state index contributed by atoms with van der Waals surface area (Å²) in [5.41, 5.74) is 9.02. The second-order valence-electron chi connectivity index (χ2n) is 7.88. The molecule has 2 aromatic heterocycles. The molecule has 1 aromatic carbocycles. The number of aromatic nitrogens is 2. The number of ether oxygens (including phenoxy) is 1. The minimum Gasteiger partial charge on any atom is -0.466 e. The lowest BCUT2D eigenvalue weighted by Crippen LogP contribution is -2.40. The fraction of sp³-hybridized carbons (Fsp3) is 0.160. The van der Waals surface area contributed by atoms with E-state index in [1.807, 2.05) is 26.0 Å². The number of carbonyl (C=O) groups excluding carboxylic acids is 2. The summed E-state index contributed by atoms with van der Waals surface area (Å²) in [5.74, 6) is -2.22. The molecule has 35 heavy (non-hydrogen) atoms. The summed E-state index contributed by atoms with van der Waals surface area (Å²) in [6.45, 7) is 3.89. The molecule has 3 N–H and O–H groups in total. The molecule has 1 aliphatic rings. The second-order valence-corrected chi connectivity index (χ2v) is 8.91. The number of benzene rings is 1. The summed E-state index contributed by atoms with van der Waals surface area (Å²) in [6, 6.07) is 11.0. The smallest absolute Gasteiger partial charge is 0.332 e. The third-order valence-corrected chi connectivity index (χ3v) is 6.85. The molecule has 0 fully saturated rings. The van der Waals surface area contributed by atoms with Crippen molar-refractivity contribution >= 4 is 46.4 Å². The Morgan fingerprint density at radius 3 is 2.69 bits per heavy atom. The molecule has 0 aliphatic carbocycles. The maximum atomic E-state index is 13.7. The zero-order valence-corrected chi connectivity index (χ0v) is 20.0. The van der Waals surface area contributed by atoms with Gasteiger partial charge in [-0.05, 0) is 48.7 Å². The van der Waals surface area contributed by atoms with Crippen molar-refractivity contribution in [2.75, 3.05) is 12.4 Å². The molecule has 10 heteroatoms. The maximum Gasteiger partial charge on any atom is 0.332 e. The first kappa shape index (κ1) is 23.7.